The number of ketones is 1. The van der Waals surface area contributed by atoms with Gasteiger partial charge in [-0.1, -0.05) is 47.1 Å². The molecule has 2 heterocycles. The number of carbonyl (C=O) groups excluding carboxylic acids is 1. The predicted molar refractivity (Wildman–Crippen MR) is 209 cm³/mol. The SMILES string of the molecule is CC1(C(=O)O)CCC2(C)CCC3(C)C(=CC(=O)C4C5(C)CCC(OC6OC(C(=O)O)C(O)C(O)C6OC6OC(C(=O)O)C(O)C(O)C6O)C(C)(C)C5CCC43C)C2C1.N.N. The summed E-state index contributed by atoms with van der Waals surface area (Å²) in [4.78, 5) is 51.3. The highest BCUT2D eigenvalue weighted by atomic mass is 16.8. The van der Waals surface area contributed by atoms with E-state index in [9.17, 15) is 60.0 Å². The second-order valence-electron chi connectivity index (χ2n) is 20.6. The Kier molecular flexibility index (Phi) is 12.8. The van der Waals surface area contributed by atoms with Gasteiger partial charge in [-0.2, -0.15) is 0 Å². The van der Waals surface area contributed by atoms with Gasteiger partial charge in [-0.3, -0.25) is 9.59 Å². The van der Waals surface area contributed by atoms with Crippen molar-refractivity contribution in [3.05, 3.63) is 11.6 Å². The lowest BCUT2D eigenvalue weighted by Gasteiger charge is -2.70. The van der Waals surface area contributed by atoms with Gasteiger partial charge in [0.15, 0.2) is 30.6 Å². The van der Waals surface area contributed by atoms with Crippen LogP contribution in [0, 0.1) is 50.2 Å². The van der Waals surface area contributed by atoms with Crippen molar-refractivity contribution in [3.63, 3.8) is 0 Å². The maximum atomic E-state index is 14.8. The van der Waals surface area contributed by atoms with Crippen molar-refractivity contribution in [2.24, 2.45) is 50.2 Å². The summed E-state index contributed by atoms with van der Waals surface area (Å²) in [6, 6.07) is 0. The van der Waals surface area contributed by atoms with Crippen molar-refractivity contribution in [3.8, 4) is 0 Å². The van der Waals surface area contributed by atoms with Crippen LogP contribution < -0.4 is 12.3 Å². The fourth-order valence-corrected chi connectivity index (χ4v) is 13.4. The van der Waals surface area contributed by atoms with Gasteiger partial charge in [0.2, 0.25) is 0 Å². The molecule has 342 valence electrons. The van der Waals surface area contributed by atoms with E-state index in [-0.39, 0.29) is 46.7 Å². The van der Waals surface area contributed by atoms with Gasteiger partial charge in [0.25, 0.3) is 0 Å². The zero-order valence-electron chi connectivity index (χ0n) is 35.8. The second kappa shape index (κ2) is 15.9. The van der Waals surface area contributed by atoms with E-state index in [1.807, 2.05) is 26.8 Å². The number of rotatable bonds is 7. The standard InChI is InChI=1S/C42H62O16.2H3N/c1-37(2)21-8-11-42(7)31(20(43)16-18-19-17-39(4,36(53)54)13-12-38(19,3)14-15-41(18,42)6)40(21,5)10-9-22(37)55-35-30(26(47)25(46)29(57-35)33(51)52)58-34-27(48)23(44)24(45)28(56-34)32(49)50;;/h16,19,21-31,34-35,44-48H,8-15,17H2,1-7H3,(H,49,50)(H,51,52)(H,53,54);2*1H3. The molecular formula is C42H68N2O16. The maximum Gasteiger partial charge on any atom is 0.335 e. The average molecular weight is 857 g/mol. The van der Waals surface area contributed by atoms with Crippen LogP contribution in [-0.2, 0) is 38.1 Å². The van der Waals surface area contributed by atoms with Crippen LogP contribution in [0.15, 0.2) is 11.6 Å². The first-order chi connectivity index (χ1) is 26.8. The second-order valence-corrected chi connectivity index (χ2v) is 20.6. The Hall–Kier alpha value is -2.62. The number of aliphatic hydroxyl groups excluding tert-OH is 5. The predicted octanol–water partition coefficient (Wildman–Crippen LogP) is 2.57. The Morgan fingerprint density at radius 1 is 0.683 bits per heavy atom. The minimum absolute atomic E-state index is 0. The van der Waals surface area contributed by atoms with Crippen molar-refractivity contribution in [1.29, 1.82) is 0 Å². The highest BCUT2D eigenvalue weighted by molar-refractivity contribution is 5.95. The van der Waals surface area contributed by atoms with Gasteiger partial charge in [-0.25, -0.2) is 9.59 Å². The number of fused-ring (bicyclic) bond motifs is 7. The molecule has 14 N–H and O–H groups in total. The molecule has 60 heavy (non-hydrogen) atoms. The van der Waals surface area contributed by atoms with Gasteiger partial charge in [-0.05, 0) is 110 Å². The van der Waals surface area contributed by atoms with E-state index in [0.717, 1.165) is 37.7 Å². The minimum Gasteiger partial charge on any atom is -0.481 e. The highest BCUT2D eigenvalue weighted by Gasteiger charge is 2.71. The molecule has 0 radical (unpaired) electrons. The smallest absolute Gasteiger partial charge is 0.335 e. The van der Waals surface area contributed by atoms with Gasteiger partial charge in [0, 0.05) is 5.92 Å². The molecule has 7 aliphatic rings. The molecular weight excluding hydrogens is 788 g/mol. The molecule has 18 nitrogen and oxygen atoms in total. The number of aliphatic carboxylic acids is 3. The van der Waals surface area contributed by atoms with E-state index in [1.54, 1.807) is 0 Å². The lowest BCUT2D eigenvalue weighted by atomic mass is 9.33. The number of aliphatic hydroxyl groups is 5. The molecule has 0 spiro atoms. The molecule has 18 heteroatoms. The number of hydrogen-bond acceptors (Lipinski definition) is 15. The summed E-state index contributed by atoms with van der Waals surface area (Å²) in [5.41, 5.74) is -1.81. The first-order valence-electron chi connectivity index (χ1n) is 20.7. The van der Waals surface area contributed by atoms with Crippen LogP contribution >= 0.6 is 0 Å². The molecule has 0 bridgehead atoms. The summed E-state index contributed by atoms with van der Waals surface area (Å²) in [6.45, 7) is 14.8. The number of carboxylic acids is 3. The average Bonchev–Trinajstić information content (AvgIpc) is 3.13. The number of carbonyl (C=O) groups is 4. The van der Waals surface area contributed by atoms with E-state index in [2.05, 4.69) is 27.7 Å². The molecule has 0 aromatic carbocycles. The number of hydrogen-bond donors (Lipinski definition) is 10. The first kappa shape index (κ1) is 48.4. The van der Waals surface area contributed by atoms with Crippen LogP contribution in [0.2, 0.25) is 0 Å². The summed E-state index contributed by atoms with van der Waals surface area (Å²) in [5.74, 6) is -4.47. The topological polar surface area (TPSA) is 337 Å². The summed E-state index contributed by atoms with van der Waals surface area (Å²) in [7, 11) is 0. The fourth-order valence-electron chi connectivity index (χ4n) is 13.4. The Morgan fingerprint density at radius 3 is 1.83 bits per heavy atom. The van der Waals surface area contributed by atoms with Crippen molar-refractivity contribution < 1.29 is 79.0 Å². The summed E-state index contributed by atoms with van der Waals surface area (Å²) < 4.78 is 23.4. The molecule has 2 saturated heterocycles. The largest absolute Gasteiger partial charge is 0.481 e. The minimum atomic E-state index is -2.05. The number of ether oxygens (including phenoxy) is 4. The van der Waals surface area contributed by atoms with E-state index < -0.39 is 107 Å². The Morgan fingerprint density at radius 2 is 1.25 bits per heavy atom. The van der Waals surface area contributed by atoms with Crippen LogP contribution in [-0.4, -0.2) is 132 Å². The molecule has 7 rings (SSSR count). The van der Waals surface area contributed by atoms with Gasteiger partial charge in [0.05, 0.1) is 11.5 Å². The van der Waals surface area contributed by atoms with Crippen LogP contribution in [0.5, 0.6) is 0 Å². The Labute approximate surface area is 350 Å². The third-order valence-corrected chi connectivity index (χ3v) is 17.2. The first-order valence-corrected chi connectivity index (χ1v) is 20.7. The summed E-state index contributed by atoms with van der Waals surface area (Å²) in [6.07, 6.45) is -12.2. The van der Waals surface area contributed by atoms with Crippen molar-refractivity contribution in [1.82, 2.24) is 12.3 Å². The van der Waals surface area contributed by atoms with Crippen molar-refractivity contribution >= 4 is 23.7 Å². The van der Waals surface area contributed by atoms with E-state index >= 15 is 0 Å². The number of carboxylic acid groups (broad SMARTS) is 3. The molecule has 0 amide bonds. The molecule has 4 saturated carbocycles. The monoisotopic (exact) mass is 856 g/mol. The molecule has 0 aromatic heterocycles. The zero-order chi connectivity index (χ0) is 42.9. The zero-order valence-corrected chi connectivity index (χ0v) is 35.8. The van der Waals surface area contributed by atoms with E-state index in [4.69, 9.17) is 18.9 Å². The lowest BCUT2D eigenvalue weighted by Crippen LogP contribution is -2.68. The summed E-state index contributed by atoms with van der Waals surface area (Å²) in [5, 5.41) is 83.0. The highest BCUT2D eigenvalue weighted by Crippen LogP contribution is 2.75. The van der Waals surface area contributed by atoms with E-state index in [0.29, 0.717) is 25.7 Å². The maximum absolute atomic E-state index is 14.8. The van der Waals surface area contributed by atoms with Gasteiger partial charge in [0.1, 0.15) is 36.6 Å². The van der Waals surface area contributed by atoms with Gasteiger partial charge < -0.3 is 72.1 Å². The molecule has 0 aromatic rings. The van der Waals surface area contributed by atoms with Gasteiger partial charge >= 0.3 is 17.9 Å². The molecule has 19 unspecified atom stereocenters. The van der Waals surface area contributed by atoms with Crippen molar-refractivity contribution in [2.75, 3.05) is 0 Å². The molecule has 2 aliphatic heterocycles. The van der Waals surface area contributed by atoms with E-state index in [1.165, 1.54) is 0 Å². The van der Waals surface area contributed by atoms with Gasteiger partial charge in [-0.15, -0.1) is 0 Å². The third-order valence-electron chi connectivity index (χ3n) is 17.2. The Bertz CT molecular complexity index is 1740. The molecule has 19 atom stereocenters. The van der Waals surface area contributed by atoms with Crippen LogP contribution in [0.4, 0.5) is 0 Å². The van der Waals surface area contributed by atoms with Crippen molar-refractivity contribution in [2.45, 2.75) is 174 Å². The molecule has 6 fully saturated rings. The van der Waals surface area contributed by atoms with Crippen LogP contribution in [0.1, 0.15) is 106 Å². The molecule has 5 aliphatic carbocycles. The lowest BCUT2D eigenvalue weighted by molar-refractivity contribution is -0.371. The Balaban J connectivity index is 0.00000341. The number of allylic oxidation sites excluding steroid dienone is 2. The summed E-state index contributed by atoms with van der Waals surface area (Å²) >= 11 is 0. The van der Waals surface area contributed by atoms with Crippen LogP contribution in [0.3, 0.4) is 0 Å². The quantitative estimate of drug-likeness (QED) is 0.164. The van der Waals surface area contributed by atoms with Crippen LogP contribution in [0.25, 0.3) is 0 Å². The normalized spacial score (nSPS) is 50.8. The fraction of sp³-hybridized carbons (Fsp3) is 0.857. The third kappa shape index (κ3) is 6.96.